The van der Waals surface area contributed by atoms with Crippen LogP contribution >= 0.6 is 23.2 Å². The summed E-state index contributed by atoms with van der Waals surface area (Å²) in [5, 5.41) is 26.7. The molecule has 4 nitrogen and oxygen atoms in total. The maximum Gasteiger partial charge on any atom is 0.0937 e. The molecule has 0 saturated heterocycles. The Morgan fingerprint density at radius 3 is 2.46 bits per heavy atom. The number of halogens is 2. The molecule has 2 aromatic rings. The fraction of sp³-hybridized carbons (Fsp3) is 0.636. The molecule has 1 aromatic heterocycles. The van der Waals surface area contributed by atoms with Crippen LogP contribution in [0.25, 0.3) is 0 Å². The number of hydrogen-bond acceptors (Lipinski definition) is 4. The van der Waals surface area contributed by atoms with Gasteiger partial charge in [0.2, 0.25) is 0 Å². The standard InChI is InChI=1S/C33H45Cl2NO3/c1-30(2)28(18-37)32(4,14-11-29(30)38)27-10-13-31(3)23(22-12-15-39-19-22)7-9-26(31)33(27,5)20-36-17-21-6-8-24(34)25(35)16-21/h6,8-9,12,15-16,19,23,27-29,36-38H,7,10-11,13-14,17-18,20H2,1-5H3/t23-,27-,28-,29+,31+,32-,33+/m1/s1. The van der Waals surface area contributed by atoms with E-state index in [4.69, 9.17) is 27.6 Å². The minimum absolute atomic E-state index is 0.0178. The van der Waals surface area contributed by atoms with E-state index in [9.17, 15) is 10.2 Å². The summed E-state index contributed by atoms with van der Waals surface area (Å²) in [5.41, 5.74) is 3.42. The lowest BCUT2D eigenvalue weighted by Gasteiger charge is -2.63. The second kappa shape index (κ2) is 10.5. The summed E-state index contributed by atoms with van der Waals surface area (Å²) in [6.07, 6.45) is 10.8. The van der Waals surface area contributed by atoms with E-state index >= 15 is 0 Å². The van der Waals surface area contributed by atoms with Crippen LogP contribution < -0.4 is 5.32 Å². The predicted octanol–water partition coefficient (Wildman–Crippen LogP) is 8.01. The lowest BCUT2D eigenvalue weighted by molar-refractivity contribution is -0.157. The van der Waals surface area contributed by atoms with Crippen molar-refractivity contribution in [3.63, 3.8) is 0 Å². The van der Waals surface area contributed by atoms with Crippen LogP contribution in [0.5, 0.6) is 0 Å². The number of allylic oxidation sites excluding steroid dienone is 1. The van der Waals surface area contributed by atoms with Crippen LogP contribution in [0, 0.1) is 33.5 Å². The Labute approximate surface area is 244 Å². The Morgan fingerprint density at radius 2 is 1.79 bits per heavy atom. The van der Waals surface area contributed by atoms with Crippen molar-refractivity contribution in [3.8, 4) is 0 Å². The first kappa shape index (κ1) is 29.2. The van der Waals surface area contributed by atoms with Crippen molar-refractivity contribution in [3.05, 3.63) is 69.6 Å². The molecule has 3 N–H and O–H groups in total. The Morgan fingerprint density at radius 1 is 1.03 bits per heavy atom. The van der Waals surface area contributed by atoms with E-state index in [1.165, 1.54) is 5.56 Å². The lowest BCUT2D eigenvalue weighted by atomic mass is 9.42. The summed E-state index contributed by atoms with van der Waals surface area (Å²) in [6, 6.07) is 7.97. The topological polar surface area (TPSA) is 65.6 Å². The van der Waals surface area contributed by atoms with E-state index in [-0.39, 0.29) is 34.2 Å². The molecule has 1 heterocycles. The second-order valence-corrected chi connectivity index (χ2v) is 14.7. The number of aliphatic hydroxyl groups is 2. The molecule has 0 radical (unpaired) electrons. The zero-order valence-corrected chi connectivity index (χ0v) is 25.6. The van der Waals surface area contributed by atoms with Gasteiger partial charge in [-0.3, -0.25) is 0 Å². The number of benzene rings is 1. The number of aliphatic hydroxyl groups excluding tert-OH is 2. The van der Waals surface area contributed by atoms with Crippen LogP contribution in [0.4, 0.5) is 0 Å². The summed E-state index contributed by atoms with van der Waals surface area (Å²) >= 11 is 12.5. The number of furan rings is 1. The van der Waals surface area contributed by atoms with Gasteiger partial charge < -0.3 is 19.9 Å². The SMILES string of the molecule is CC1(C)[C@@H](CO)[C@@](C)([C@H]2CC[C@]3(C)C(=CC[C@@H]3c3ccoc3)[C@]2(C)CNCc2ccc(Cl)c(Cl)c2)CC[C@@H]1O. The number of fused-ring (bicyclic) bond motifs is 1. The van der Waals surface area contributed by atoms with E-state index in [0.29, 0.717) is 28.4 Å². The molecule has 0 amide bonds. The second-order valence-electron chi connectivity index (χ2n) is 13.9. The summed E-state index contributed by atoms with van der Waals surface area (Å²) in [7, 11) is 0. The van der Waals surface area contributed by atoms with Gasteiger partial charge in [0.15, 0.2) is 0 Å². The van der Waals surface area contributed by atoms with Gasteiger partial charge in [0.25, 0.3) is 0 Å². The van der Waals surface area contributed by atoms with Crippen molar-refractivity contribution in [2.45, 2.75) is 85.3 Å². The Bertz CT molecular complexity index is 1210. The van der Waals surface area contributed by atoms with E-state index < -0.39 is 6.10 Å². The highest BCUT2D eigenvalue weighted by Crippen LogP contribution is 2.69. The van der Waals surface area contributed by atoms with Gasteiger partial charge in [-0.05, 0) is 95.4 Å². The van der Waals surface area contributed by atoms with Crippen molar-refractivity contribution >= 4 is 23.2 Å². The van der Waals surface area contributed by atoms with E-state index in [1.807, 2.05) is 24.5 Å². The molecule has 3 aliphatic carbocycles. The van der Waals surface area contributed by atoms with E-state index in [2.05, 4.69) is 52.1 Å². The number of hydrogen-bond donors (Lipinski definition) is 3. The van der Waals surface area contributed by atoms with Crippen LogP contribution in [0.15, 0.2) is 52.9 Å². The maximum atomic E-state index is 11.0. The summed E-state index contributed by atoms with van der Waals surface area (Å²) in [5.74, 6) is 0.787. The third-order valence-corrected chi connectivity index (χ3v) is 12.3. The molecule has 39 heavy (non-hydrogen) atoms. The molecular weight excluding hydrogens is 529 g/mol. The minimum Gasteiger partial charge on any atom is -0.472 e. The zero-order valence-electron chi connectivity index (χ0n) is 24.1. The fourth-order valence-corrected chi connectivity index (χ4v) is 9.69. The molecule has 0 bridgehead atoms. The van der Waals surface area contributed by atoms with Crippen LogP contribution in [0.1, 0.15) is 83.8 Å². The van der Waals surface area contributed by atoms with Gasteiger partial charge in [-0.15, -0.1) is 0 Å². The molecule has 2 fully saturated rings. The maximum absolute atomic E-state index is 11.0. The fourth-order valence-electron chi connectivity index (χ4n) is 9.37. The quantitative estimate of drug-likeness (QED) is 0.293. The molecule has 1 aromatic carbocycles. The number of nitrogens with one attached hydrogen (secondary N) is 1. The van der Waals surface area contributed by atoms with Crippen LogP contribution in [0.3, 0.4) is 0 Å². The van der Waals surface area contributed by atoms with Gasteiger partial charge in [0.05, 0.1) is 28.7 Å². The van der Waals surface area contributed by atoms with Gasteiger partial charge in [0, 0.05) is 25.1 Å². The van der Waals surface area contributed by atoms with Crippen molar-refractivity contribution in [2.75, 3.05) is 13.2 Å². The summed E-state index contributed by atoms with van der Waals surface area (Å²) in [4.78, 5) is 0. The van der Waals surface area contributed by atoms with Crippen molar-refractivity contribution in [1.82, 2.24) is 5.32 Å². The molecule has 7 atom stereocenters. The average molecular weight is 575 g/mol. The average Bonchev–Trinajstić information content (AvgIpc) is 3.52. The van der Waals surface area contributed by atoms with Crippen LogP contribution in [-0.4, -0.2) is 29.5 Å². The van der Waals surface area contributed by atoms with Gasteiger partial charge in [0.1, 0.15) is 0 Å². The molecule has 0 unspecified atom stereocenters. The largest absolute Gasteiger partial charge is 0.472 e. The first-order valence-electron chi connectivity index (χ1n) is 14.5. The lowest BCUT2D eigenvalue weighted by Crippen LogP contribution is -2.60. The van der Waals surface area contributed by atoms with Crippen molar-refractivity contribution in [2.24, 2.45) is 33.5 Å². The Balaban J connectivity index is 1.51. The molecule has 0 aliphatic heterocycles. The molecule has 214 valence electrons. The monoisotopic (exact) mass is 573 g/mol. The third kappa shape index (κ3) is 4.73. The van der Waals surface area contributed by atoms with Gasteiger partial charge in [-0.25, -0.2) is 0 Å². The van der Waals surface area contributed by atoms with Crippen molar-refractivity contribution < 1.29 is 14.6 Å². The molecule has 0 spiro atoms. The molecular formula is C33H45Cl2NO3. The van der Waals surface area contributed by atoms with E-state index in [0.717, 1.165) is 44.2 Å². The normalized spacial score (nSPS) is 37.9. The Hall–Kier alpha value is -1.30. The predicted molar refractivity (Wildman–Crippen MR) is 159 cm³/mol. The third-order valence-electron chi connectivity index (χ3n) is 11.5. The van der Waals surface area contributed by atoms with E-state index in [1.54, 1.807) is 11.8 Å². The molecule has 5 rings (SSSR count). The summed E-state index contributed by atoms with van der Waals surface area (Å²) in [6.45, 7) is 13.2. The molecule has 2 saturated carbocycles. The minimum atomic E-state index is -0.396. The highest BCUT2D eigenvalue weighted by atomic mass is 35.5. The smallest absolute Gasteiger partial charge is 0.0937 e. The van der Waals surface area contributed by atoms with Gasteiger partial charge in [-0.1, -0.05) is 75.5 Å². The molecule has 6 heteroatoms. The number of rotatable bonds is 7. The zero-order chi connectivity index (χ0) is 28.2. The highest BCUT2D eigenvalue weighted by Gasteiger charge is 2.62. The van der Waals surface area contributed by atoms with Crippen LogP contribution in [-0.2, 0) is 6.54 Å². The molecule has 3 aliphatic rings. The van der Waals surface area contributed by atoms with Crippen LogP contribution in [0.2, 0.25) is 10.0 Å². The first-order chi connectivity index (χ1) is 18.4. The summed E-state index contributed by atoms with van der Waals surface area (Å²) < 4.78 is 5.52. The highest BCUT2D eigenvalue weighted by molar-refractivity contribution is 6.42. The van der Waals surface area contributed by atoms with Gasteiger partial charge in [-0.2, -0.15) is 0 Å². The first-order valence-corrected chi connectivity index (χ1v) is 15.3. The van der Waals surface area contributed by atoms with Gasteiger partial charge >= 0.3 is 0 Å². The van der Waals surface area contributed by atoms with Crippen molar-refractivity contribution in [1.29, 1.82) is 0 Å². The Kier molecular flexibility index (Phi) is 7.87.